The maximum Gasteiger partial charge on any atom is 0.122 e. The summed E-state index contributed by atoms with van der Waals surface area (Å²) in [5, 5.41) is 0. The molecule has 2 rings (SSSR count). The van der Waals surface area contributed by atoms with E-state index in [1.54, 1.807) is 14.2 Å². The van der Waals surface area contributed by atoms with Crippen LogP contribution < -0.4 is 15.2 Å². The molecule has 2 N–H and O–H groups in total. The van der Waals surface area contributed by atoms with E-state index in [4.69, 9.17) is 15.2 Å². The van der Waals surface area contributed by atoms with Crippen LogP contribution in [0.5, 0.6) is 11.5 Å². The molecule has 0 radical (unpaired) electrons. The summed E-state index contributed by atoms with van der Waals surface area (Å²) in [6.07, 6.45) is 0. The van der Waals surface area contributed by atoms with Crippen molar-refractivity contribution in [3.63, 3.8) is 0 Å². The van der Waals surface area contributed by atoms with Gasteiger partial charge in [-0.05, 0) is 41.8 Å². The Labute approximate surface area is 127 Å². The second-order valence-corrected chi connectivity index (χ2v) is 5.49. The van der Waals surface area contributed by atoms with E-state index < -0.39 is 0 Å². The fraction of sp³-hybridized carbons (Fsp3) is 0.250. The SMILES string of the molecule is COc1cc(OC)cc(C(N)c2ccc(C)c(Br)c2)c1. The summed E-state index contributed by atoms with van der Waals surface area (Å²) in [5.74, 6) is 1.47. The minimum atomic E-state index is -0.226. The third-order valence-corrected chi connectivity index (χ3v) is 4.14. The Morgan fingerprint density at radius 1 is 0.950 bits per heavy atom. The Balaban J connectivity index is 2.41. The van der Waals surface area contributed by atoms with Gasteiger partial charge in [-0.15, -0.1) is 0 Å². The summed E-state index contributed by atoms with van der Waals surface area (Å²) < 4.78 is 11.6. The van der Waals surface area contributed by atoms with E-state index in [0.29, 0.717) is 0 Å². The fourth-order valence-electron chi connectivity index (χ4n) is 2.00. The molecule has 0 aliphatic rings. The van der Waals surface area contributed by atoms with Gasteiger partial charge in [-0.1, -0.05) is 28.1 Å². The van der Waals surface area contributed by atoms with Gasteiger partial charge in [-0.25, -0.2) is 0 Å². The summed E-state index contributed by atoms with van der Waals surface area (Å²) in [6, 6.07) is 11.6. The standard InChI is InChI=1S/C16H18BrNO2/c1-10-4-5-11(8-15(10)17)16(18)12-6-13(19-2)9-14(7-12)20-3/h4-9,16H,18H2,1-3H3. The minimum absolute atomic E-state index is 0.226. The highest BCUT2D eigenvalue weighted by atomic mass is 79.9. The monoisotopic (exact) mass is 335 g/mol. The fourth-order valence-corrected chi connectivity index (χ4v) is 2.40. The maximum absolute atomic E-state index is 6.35. The summed E-state index contributed by atoms with van der Waals surface area (Å²) in [7, 11) is 3.26. The molecule has 106 valence electrons. The summed E-state index contributed by atoms with van der Waals surface area (Å²) >= 11 is 3.54. The molecular formula is C16H18BrNO2. The van der Waals surface area contributed by atoms with Gasteiger partial charge in [0.15, 0.2) is 0 Å². The third-order valence-electron chi connectivity index (χ3n) is 3.29. The molecule has 0 aromatic heterocycles. The molecule has 0 aliphatic heterocycles. The zero-order valence-corrected chi connectivity index (χ0v) is 13.4. The predicted molar refractivity (Wildman–Crippen MR) is 84.5 cm³/mol. The van der Waals surface area contributed by atoms with Crippen molar-refractivity contribution in [2.75, 3.05) is 14.2 Å². The molecule has 1 unspecified atom stereocenters. The van der Waals surface area contributed by atoms with Gasteiger partial charge in [0.2, 0.25) is 0 Å². The first kappa shape index (κ1) is 14.9. The molecule has 2 aromatic rings. The lowest BCUT2D eigenvalue weighted by molar-refractivity contribution is 0.393. The van der Waals surface area contributed by atoms with Gasteiger partial charge >= 0.3 is 0 Å². The lowest BCUT2D eigenvalue weighted by Gasteiger charge is -2.16. The molecule has 20 heavy (non-hydrogen) atoms. The van der Waals surface area contributed by atoms with Crippen LogP contribution in [0.4, 0.5) is 0 Å². The average molecular weight is 336 g/mol. The van der Waals surface area contributed by atoms with E-state index >= 15 is 0 Å². The number of halogens is 1. The number of rotatable bonds is 4. The van der Waals surface area contributed by atoms with Crippen LogP contribution in [0, 0.1) is 6.92 Å². The van der Waals surface area contributed by atoms with Crippen LogP contribution in [0.15, 0.2) is 40.9 Å². The van der Waals surface area contributed by atoms with Crippen LogP contribution in [0.3, 0.4) is 0 Å². The number of hydrogen-bond acceptors (Lipinski definition) is 3. The minimum Gasteiger partial charge on any atom is -0.497 e. The second-order valence-electron chi connectivity index (χ2n) is 4.63. The summed E-state index contributed by atoms with van der Waals surface area (Å²) in [5.41, 5.74) is 9.53. The van der Waals surface area contributed by atoms with Crippen molar-refractivity contribution in [2.24, 2.45) is 5.73 Å². The Hall–Kier alpha value is -1.52. The Kier molecular flexibility index (Phi) is 4.68. The first-order valence-electron chi connectivity index (χ1n) is 6.29. The number of benzene rings is 2. The van der Waals surface area contributed by atoms with Gasteiger partial charge in [-0.3, -0.25) is 0 Å². The van der Waals surface area contributed by atoms with E-state index in [-0.39, 0.29) is 6.04 Å². The molecular weight excluding hydrogens is 318 g/mol. The topological polar surface area (TPSA) is 44.5 Å². The number of hydrogen-bond donors (Lipinski definition) is 1. The van der Waals surface area contributed by atoms with Crippen molar-refractivity contribution in [1.29, 1.82) is 0 Å². The lowest BCUT2D eigenvalue weighted by Crippen LogP contribution is -2.12. The smallest absolute Gasteiger partial charge is 0.122 e. The predicted octanol–water partition coefficient (Wildman–Crippen LogP) is 3.82. The second kappa shape index (κ2) is 6.29. The highest BCUT2D eigenvalue weighted by Crippen LogP contribution is 2.30. The van der Waals surface area contributed by atoms with Crippen molar-refractivity contribution in [2.45, 2.75) is 13.0 Å². The lowest BCUT2D eigenvalue weighted by atomic mass is 9.98. The summed E-state index contributed by atoms with van der Waals surface area (Å²) in [6.45, 7) is 2.05. The van der Waals surface area contributed by atoms with Gasteiger partial charge in [0.05, 0.1) is 20.3 Å². The number of nitrogens with two attached hydrogens (primary N) is 1. The van der Waals surface area contributed by atoms with Gasteiger partial charge in [0, 0.05) is 10.5 Å². The first-order chi connectivity index (χ1) is 9.55. The van der Waals surface area contributed by atoms with E-state index in [0.717, 1.165) is 27.1 Å². The molecule has 0 saturated heterocycles. The van der Waals surface area contributed by atoms with Crippen molar-refractivity contribution in [1.82, 2.24) is 0 Å². The first-order valence-corrected chi connectivity index (χ1v) is 7.09. The number of methoxy groups -OCH3 is 2. The van der Waals surface area contributed by atoms with E-state index in [2.05, 4.69) is 22.0 Å². The maximum atomic E-state index is 6.35. The quantitative estimate of drug-likeness (QED) is 0.923. The van der Waals surface area contributed by atoms with Crippen LogP contribution in [-0.4, -0.2) is 14.2 Å². The molecule has 1 atom stereocenters. The highest BCUT2D eigenvalue weighted by molar-refractivity contribution is 9.10. The molecule has 0 heterocycles. The molecule has 0 fully saturated rings. The molecule has 0 spiro atoms. The van der Waals surface area contributed by atoms with Gasteiger partial charge < -0.3 is 15.2 Å². The zero-order chi connectivity index (χ0) is 14.7. The molecule has 2 aromatic carbocycles. The largest absolute Gasteiger partial charge is 0.497 e. The summed E-state index contributed by atoms with van der Waals surface area (Å²) in [4.78, 5) is 0. The molecule has 0 saturated carbocycles. The molecule has 0 amide bonds. The third kappa shape index (κ3) is 3.14. The Bertz CT molecular complexity index is 591. The van der Waals surface area contributed by atoms with Gasteiger partial charge in [0.25, 0.3) is 0 Å². The van der Waals surface area contributed by atoms with Crippen LogP contribution in [0.1, 0.15) is 22.7 Å². The van der Waals surface area contributed by atoms with Crippen molar-refractivity contribution in [3.05, 3.63) is 57.6 Å². The van der Waals surface area contributed by atoms with Crippen LogP contribution in [0.2, 0.25) is 0 Å². The average Bonchev–Trinajstić information content (AvgIpc) is 2.48. The van der Waals surface area contributed by atoms with Crippen molar-refractivity contribution < 1.29 is 9.47 Å². The van der Waals surface area contributed by atoms with Crippen molar-refractivity contribution in [3.8, 4) is 11.5 Å². The Morgan fingerprint density at radius 3 is 2.05 bits per heavy atom. The number of ether oxygens (including phenoxy) is 2. The molecule has 0 aliphatic carbocycles. The van der Waals surface area contributed by atoms with Gasteiger partial charge in [-0.2, -0.15) is 0 Å². The van der Waals surface area contributed by atoms with Crippen LogP contribution in [0.25, 0.3) is 0 Å². The molecule has 0 bridgehead atoms. The van der Waals surface area contributed by atoms with E-state index in [1.165, 1.54) is 5.56 Å². The molecule has 4 heteroatoms. The molecule has 3 nitrogen and oxygen atoms in total. The van der Waals surface area contributed by atoms with E-state index in [9.17, 15) is 0 Å². The van der Waals surface area contributed by atoms with E-state index in [1.807, 2.05) is 37.3 Å². The Morgan fingerprint density at radius 2 is 1.55 bits per heavy atom. The zero-order valence-electron chi connectivity index (χ0n) is 11.8. The van der Waals surface area contributed by atoms with Crippen molar-refractivity contribution >= 4 is 15.9 Å². The van der Waals surface area contributed by atoms with Gasteiger partial charge in [0.1, 0.15) is 11.5 Å². The number of aryl methyl sites for hydroxylation is 1. The van der Waals surface area contributed by atoms with Crippen LogP contribution >= 0.6 is 15.9 Å². The highest BCUT2D eigenvalue weighted by Gasteiger charge is 2.13. The van der Waals surface area contributed by atoms with Crippen LogP contribution in [-0.2, 0) is 0 Å². The normalized spacial score (nSPS) is 12.1.